The van der Waals surface area contributed by atoms with Crippen molar-refractivity contribution in [1.29, 1.82) is 0 Å². The van der Waals surface area contributed by atoms with Crippen molar-refractivity contribution in [2.45, 2.75) is 37.1 Å². The van der Waals surface area contributed by atoms with E-state index in [2.05, 4.69) is 40.6 Å². The number of nitrogens with zero attached hydrogens (tertiary/aromatic N) is 2. The Kier molecular flexibility index (Phi) is 6.27. The Morgan fingerprint density at radius 3 is 2.48 bits per heavy atom. The van der Waals surface area contributed by atoms with Gasteiger partial charge in [0, 0.05) is 37.9 Å². The van der Waals surface area contributed by atoms with Crippen molar-refractivity contribution >= 4 is 27.3 Å². The fourth-order valence-electron chi connectivity index (χ4n) is 4.48. The molecule has 2 aromatic rings. The number of aryl methyl sites for hydroxylation is 1. The number of hydrogen-bond donors (Lipinski definition) is 1. The monoisotopic (exact) mass is 469 g/mol. The molecule has 1 saturated heterocycles. The van der Waals surface area contributed by atoms with Gasteiger partial charge in [0.05, 0.1) is 5.02 Å². The molecule has 168 valence electrons. The van der Waals surface area contributed by atoms with Crippen LogP contribution in [0.1, 0.15) is 23.1 Å². The molecular formula is C22H26ClF2N3O2S. The Balaban J connectivity index is 1.60. The first kappa shape index (κ1) is 22.5. The van der Waals surface area contributed by atoms with E-state index in [0.717, 1.165) is 43.9 Å². The molecular weight excluding hydrogens is 444 g/mol. The van der Waals surface area contributed by atoms with Crippen LogP contribution in [0.2, 0.25) is 5.02 Å². The maximum atomic E-state index is 14.2. The summed E-state index contributed by atoms with van der Waals surface area (Å²) in [5, 5.41) is -0.449. The smallest absolute Gasteiger partial charge is 0.243 e. The summed E-state index contributed by atoms with van der Waals surface area (Å²) >= 11 is 5.56. The molecule has 1 aliphatic heterocycles. The van der Waals surface area contributed by atoms with Crippen LogP contribution < -0.4 is 9.62 Å². The van der Waals surface area contributed by atoms with E-state index in [1.54, 1.807) is 0 Å². The summed E-state index contributed by atoms with van der Waals surface area (Å²) in [6, 6.07) is 5.17. The van der Waals surface area contributed by atoms with Gasteiger partial charge in [-0.3, -0.25) is 0 Å². The second-order valence-electron chi connectivity index (χ2n) is 8.41. The maximum absolute atomic E-state index is 14.2. The molecule has 0 amide bonds. The average molecular weight is 470 g/mol. The van der Waals surface area contributed by atoms with Crippen molar-refractivity contribution in [3.05, 3.63) is 57.6 Å². The van der Waals surface area contributed by atoms with E-state index in [4.69, 9.17) is 11.6 Å². The summed E-state index contributed by atoms with van der Waals surface area (Å²) in [7, 11) is -2.13. The van der Waals surface area contributed by atoms with Gasteiger partial charge in [0.25, 0.3) is 0 Å². The number of benzene rings is 2. The zero-order chi connectivity index (χ0) is 22.3. The average Bonchev–Trinajstić information content (AvgIpc) is 2.71. The Morgan fingerprint density at radius 1 is 1.06 bits per heavy atom. The molecule has 0 bridgehead atoms. The summed E-state index contributed by atoms with van der Waals surface area (Å²) in [6.45, 7) is 5.85. The molecule has 5 nitrogen and oxygen atoms in total. The van der Waals surface area contributed by atoms with Gasteiger partial charge in [-0.2, -0.15) is 0 Å². The lowest BCUT2D eigenvalue weighted by Crippen LogP contribution is -2.45. The molecule has 0 unspecified atom stereocenters. The number of sulfonamides is 1. The first-order valence-corrected chi connectivity index (χ1v) is 12.2. The number of rotatable bonds is 4. The lowest BCUT2D eigenvalue weighted by molar-refractivity contribution is 0.312. The molecule has 31 heavy (non-hydrogen) atoms. The molecule has 0 spiro atoms. The van der Waals surface area contributed by atoms with E-state index in [0.29, 0.717) is 25.0 Å². The fourth-order valence-corrected chi connectivity index (χ4v) is 5.97. The van der Waals surface area contributed by atoms with Crippen LogP contribution in [0.4, 0.5) is 14.5 Å². The predicted octanol–water partition coefficient (Wildman–Crippen LogP) is 3.51. The molecule has 1 atom stereocenters. The van der Waals surface area contributed by atoms with E-state index in [1.807, 2.05) is 0 Å². The van der Waals surface area contributed by atoms with Crippen molar-refractivity contribution in [2.75, 3.05) is 38.1 Å². The van der Waals surface area contributed by atoms with Crippen molar-refractivity contribution in [2.24, 2.45) is 0 Å². The van der Waals surface area contributed by atoms with E-state index in [-0.39, 0.29) is 0 Å². The van der Waals surface area contributed by atoms with Gasteiger partial charge in [0.15, 0.2) is 0 Å². The highest BCUT2D eigenvalue weighted by Crippen LogP contribution is 2.34. The minimum Gasteiger partial charge on any atom is -0.369 e. The first-order chi connectivity index (χ1) is 14.7. The van der Waals surface area contributed by atoms with Crippen LogP contribution >= 0.6 is 11.6 Å². The van der Waals surface area contributed by atoms with Gasteiger partial charge in [0.1, 0.15) is 16.5 Å². The maximum Gasteiger partial charge on any atom is 0.243 e. The first-order valence-electron chi connectivity index (χ1n) is 10.4. The van der Waals surface area contributed by atoms with Crippen LogP contribution in [-0.4, -0.2) is 52.6 Å². The molecule has 0 radical (unpaired) electrons. The number of piperazine rings is 1. The van der Waals surface area contributed by atoms with Crippen LogP contribution in [0.15, 0.2) is 29.2 Å². The minimum atomic E-state index is -4.23. The molecule has 0 saturated carbocycles. The van der Waals surface area contributed by atoms with Crippen LogP contribution in [0.5, 0.6) is 0 Å². The quantitative estimate of drug-likeness (QED) is 0.696. The van der Waals surface area contributed by atoms with Gasteiger partial charge in [-0.25, -0.2) is 21.9 Å². The van der Waals surface area contributed by atoms with Crippen LogP contribution in [0.25, 0.3) is 0 Å². The fraction of sp³-hybridized carbons (Fsp3) is 0.455. The number of hydrogen-bond acceptors (Lipinski definition) is 4. The second-order valence-corrected chi connectivity index (χ2v) is 10.5. The van der Waals surface area contributed by atoms with E-state index in [9.17, 15) is 17.2 Å². The third kappa shape index (κ3) is 4.58. The van der Waals surface area contributed by atoms with E-state index < -0.39 is 37.6 Å². The van der Waals surface area contributed by atoms with Crippen LogP contribution in [0, 0.1) is 18.6 Å². The zero-order valence-electron chi connectivity index (χ0n) is 17.6. The number of halogens is 3. The molecule has 1 fully saturated rings. The normalized spacial score (nSPS) is 20.0. The number of anilines is 1. The van der Waals surface area contributed by atoms with E-state index >= 15 is 0 Å². The summed E-state index contributed by atoms with van der Waals surface area (Å²) in [5.41, 5.74) is 4.74. The molecule has 1 N–H and O–H groups in total. The summed E-state index contributed by atoms with van der Waals surface area (Å²) in [6.07, 6.45) is 1.83. The minimum absolute atomic E-state index is 0.399. The van der Waals surface area contributed by atoms with Gasteiger partial charge in [-0.1, -0.05) is 17.7 Å². The summed E-state index contributed by atoms with van der Waals surface area (Å²) in [5.74, 6) is -2.03. The molecule has 0 aromatic heterocycles. The number of nitrogens with one attached hydrogen (secondary N) is 1. The highest BCUT2D eigenvalue weighted by Gasteiger charge is 2.30. The molecule has 1 aliphatic carbocycles. The molecule has 1 heterocycles. The second kappa shape index (κ2) is 8.65. The third-order valence-electron chi connectivity index (χ3n) is 6.26. The van der Waals surface area contributed by atoms with Crippen molar-refractivity contribution < 1.29 is 17.2 Å². The molecule has 2 aromatic carbocycles. The summed E-state index contributed by atoms with van der Waals surface area (Å²) < 4.78 is 56.2. The standard InChI is InChI=1S/C22H26ClF2N3O2S/c1-14-3-6-21(28-9-7-27(2)8-10-28)17-11-15(4-5-16(14)17)26-31(29,30)22-13-19(24)18(23)12-20(22)25/h3,6,12-13,15,26H,4-5,7-11H2,1-2H3/t15-/m1/s1. The number of fused-ring (bicyclic) bond motifs is 1. The predicted molar refractivity (Wildman–Crippen MR) is 118 cm³/mol. The Labute approximate surface area is 187 Å². The van der Waals surface area contributed by atoms with Crippen molar-refractivity contribution in [1.82, 2.24) is 9.62 Å². The topological polar surface area (TPSA) is 52.6 Å². The largest absolute Gasteiger partial charge is 0.369 e. The molecule has 9 heteroatoms. The molecule has 2 aliphatic rings. The van der Waals surface area contributed by atoms with Gasteiger partial charge < -0.3 is 9.80 Å². The molecule has 4 rings (SSSR count). The Hall–Kier alpha value is -1.74. The highest BCUT2D eigenvalue weighted by molar-refractivity contribution is 7.89. The Bertz CT molecular complexity index is 1100. The van der Waals surface area contributed by atoms with Gasteiger partial charge >= 0.3 is 0 Å². The van der Waals surface area contributed by atoms with Crippen molar-refractivity contribution in [3.63, 3.8) is 0 Å². The van der Waals surface area contributed by atoms with Gasteiger partial charge in [0.2, 0.25) is 10.0 Å². The lowest BCUT2D eigenvalue weighted by atomic mass is 9.84. The lowest BCUT2D eigenvalue weighted by Gasteiger charge is -2.37. The van der Waals surface area contributed by atoms with Gasteiger partial charge in [-0.15, -0.1) is 0 Å². The van der Waals surface area contributed by atoms with Crippen molar-refractivity contribution in [3.8, 4) is 0 Å². The van der Waals surface area contributed by atoms with Crippen LogP contribution in [-0.2, 0) is 22.9 Å². The summed E-state index contributed by atoms with van der Waals surface area (Å²) in [4.78, 5) is 3.92. The SMILES string of the molecule is Cc1ccc(N2CCN(C)CC2)c2c1CC[C@@H](NS(=O)(=O)c1cc(F)c(Cl)cc1F)C2. The zero-order valence-corrected chi connectivity index (χ0v) is 19.2. The van der Waals surface area contributed by atoms with E-state index in [1.165, 1.54) is 11.1 Å². The third-order valence-corrected chi connectivity index (χ3v) is 8.09. The van der Waals surface area contributed by atoms with Crippen LogP contribution in [0.3, 0.4) is 0 Å². The van der Waals surface area contributed by atoms with Gasteiger partial charge in [-0.05, 0) is 68.1 Å². The highest BCUT2D eigenvalue weighted by atomic mass is 35.5. The number of likely N-dealkylation sites (N-methyl/N-ethyl adjacent to an activating group) is 1. The Morgan fingerprint density at radius 2 is 1.77 bits per heavy atom.